The molecule has 0 radical (unpaired) electrons. The maximum absolute atomic E-state index is 5.73. The van der Waals surface area contributed by atoms with Gasteiger partial charge in [0.15, 0.2) is 5.82 Å². The van der Waals surface area contributed by atoms with Crippen molar-refractivity contribution in [2.24, 2.45) is 7.05 Å². The summed E-state index contributed by atoms with van der Waals surface area (Å²) in [5, 5.41) is 11.4. The minimum absolute atomic E-state index is 0.165. The molecule has 6 nitrogen and oxygen atoms in total. The summed E-state index contributed by atoms with van der Waals surface area (Å²) in [5.74, 6) is 0.902. The van der Waals surface area contributed by atoms with Gasteiger partial charge in [-0.3, -0.25) is 0 Å². The Morgan fingerprint density at radius 1 is 1.53 bits per heavy atom. The van der Waals surface area contributed by atoms with Crippen LogP contribution in [-0.2, 0) is 18.2 Å². The van der Waals surface area contributed by atoms with Crippen molar-refractivity contribution >= 4 is 17.2 Å². The van der Waals surface area contributed by atoms with E-state index in [1.807, 2.05) is 14.1 Å². The van der Waals surface area contributed by atoms with Crippen LogP contribution < -0.4 is 0 Å². The van der Waals surface area contributed by atoms with Gasteiger partial charge in [0.1, 0.15) is 6.23 Å². The third-order valence-corrected chi connectivity index (χ3v) is 3.97. The normalized spacial score (nSPS) is 19.4. The molecule has 19 heavy (non-hydrogen) atoms. The van der Waals surface area contributed by atoms with Crippen molar-refractivity contribution in [2.45, 2.75) is 44.8 Å². The predicted molar refractivity (Wildman–Crippen MR) is 75.7 cm³/mol. The first kappa shape index (κ1) is 14.3. The van der Waals surface area contributed by atoms with Crippen molar-refractivity contribution in [3.8, 4) is 0 Å². The highest BCUT2D eigenvalue weighted by Gasteiger charge is 2.20. The molecule has 0 saturated carbocycles. The Kier molecular flexibility index (Phi) is 5.21. The highest BCUT2D eigenvalue weighted by atomic mass is 32.1. The van der Waals surface area contributed by atoms with Crippen LogP contribution in [0.2, 0.25) is 0 Å². The van der Waals surface area contributed by atoms with Crippen molar-refractivity contribution < 1.29 is 4.74 Å². The molecular weight excluding hydrogens is 262 g/mol. The number of aryl methyl sites for hydroxylation is 2. The average Bonchev–Trinajstić information content (AvgIpc) is 2.84. The van der Waals surface area contributed by atoms with E-state index in [-0.39, 0.29) is 6.23 Å². The molecule has 1 aromatic heterocycles. The molecule has 1 unspecified atom stereocenters. The van der Waals surface area contributed by atoms with E-state index in [1.54, 1.807) is 4.68 Å². The lowest BCUT2D eigenvalue weighted by Crippen LogP contribution is -2.39. The molecule has 1 aliphatic heterocycles. The van der Waals surface area contributed by atoms with Gasteiger partial charge in [-0.05, 0) is 42.5 Å². The number of nitrogens with zero attached hydrogens (tertiary/aromatic N) is 5. The number of ether oxygens (including phenoxy) is 1. The zero-order chi connectivity index (χ0) is 13.7. The molecule has 106 valence electrons. The van der Waals surface area contributed by atoms with Crippen molar-refractivity contribution in [2.75, 3.05) is 13.7 Å². The minimum atomic E-state index is 0.165. The molecule has 2 heterocycles. The fourth-order valence-electron chi connectivity index (χ4n) is 2.22. The Balaban J connectivity index is 1.73. The van der Waals surface area contributed by atoms with E-state index in [2.05, 4.69) is 20.4 Å². The molecule has 0 N–H and O–H groups in total. The van der Waals surface area contributed by atoms with Crippen molar-refractivity contribution in [3.63, 3.8) is 0 Å². The number of hydrogen-bond acceptors (Lipinski definition) is 5. The van der Waals surface area contributed by atoms with Crippen molar-refractivity contribution in [1.82, 2.24) is 25.1 Å². The van der Waals surface area contributed by atoms with Crippen LogP contribution in [0.5, 0.6) is 0 Å². The molecule has 1 fully saturated rings. The van der Waals surface area contributed by atoms with Crippen LogP contribution in [0.3, 0.4) is 0 Å². The molecule has 2 rings (SSSR count). The first-order valence-electron chi connectivity index (χ1n) is 6.77. The van der Waals surface area contributed by atoms with Gasteiger partial charge in [-0.1, -0.05) is 12.2 Å². The van der Waals surface area contributed by atoms with Crippen LogP contribution in [0.1, 0.15) is 37.9 Å². The van der Waals surface area contributed by atoms with Crippen LogP contribution in [0.15, 0.2) is 0 Å². The largest absolute Gasteiger partial charge is 0.358 e. The highest BCUT2D eigenvalue weighted by molar-refractivity contribution is 7.80. The Labute approximate surface area is 119 Å². The smallest absolute Gasteiger partial charge is 0.150 e. The molecule has 1 atom stereocenters. The molecule has 0 aliphatic carbocycles. The molecule has 0 bridgehead atoms. The fraction of sp³-hybridized carbons (Fsp3) is 0.833. The van der Waals surface area contributed by atoms with Crippen LogP contribution in [0.4, 0.5) is 0 Å². The Bertz CT molecular complexity index is 416. The number of hydrogen-bond donors (Lipinski definition) is 0. The highest BCUT2D eigenvalue weighted by Crippen LogP contribution is 2.17. The number of tetrazole rings is 1. The lowest BCUT2D eigenvalue weighted by molar-refractivity contribution is -0.0470. The molecule has 7 heteroatoms. The first-order valence-corrected chi connectivity index (χ1v) is 7.18. The second-order valence-electron chi connectivity index (χ2n) is 4.90. The van der Waals surface area contributed by atoms with E-state index < -0.39 is 0 Å². The molecule has 1 saturated heterocycles. The van der Waals surface area contributed by atoms with Gasteiger partial charge in [0.05, 0.1) is 4.99 Å². The minimum Gasteiger partial charge on any atom is -0.358 e. The SMILES string of the molecule is CN(C(=S)CCCc1nnnn1C)C1CCCCO1. The quantitative estimate of drug-likeness (QED) is 0.760. The van der Waals surface area contributed by atoms with Crippen LogP contribution in [0.25, 0.3) is 0 Å². The standard InChI is InChI=1S/C12H21N5OS/c1-16(11-7-3-4-9-18-11)12(19)8-5-6-10-13-14-15-17(10)2/h11H,3-9H2,1-2H3. The second-order valence-corrected chi connectivity index (χ2v) is 5.37. The molecule has 0 aromatic carbocycles. The number of thiocarbonyl (C=S) groups is 1. The van der Waals surface area contributed by atoms with Gasteiger partial charge in [0, 0.05) is 27.1 Å². The summed E-state index contributed by atoms with van der Waals surface area (Å²) in [4.78, 5) is 3.06. The van der Waals surface area contributed by atoms with Crippen LogP contribution in [-0.4, -0.2) is 50.0 Å². The van der Waals surface area contributed by atoms with Crippen molar-refractivity contribution in [1.29, 1.82) is 0 Å². The fourth-order valence-corrected chi connectivity index (χ4v) is 2.49. The van der Waals surface area contributed by atoms with E-state index in [1.165, 1.54) is 6.42 Å². The van der Waals surface area contributed by atoms with E-state index in [9.17, 15) is 0 Å². The zero-order valence-corrected chi connectivity index (χ0v) is 12.4. The lowest BCUT2D eigenvalue weighted by atomic mass is 10.1. The second kappa shape index (κ2) is 6.91. The maximum atomic E-state index is 5.73. The van der Waals surface area contributed by atoms with E-state index in [0.717, 1.165) is 49.5 Å². The van der Waals surface area contributed by atoms with Gasteiger partial charge in [-0.25, -0.2) is 4.68 Å². The number of rotatable bonds is 5. The van der Waals surface area contributed by atoms with E-state index >= 15 is 0 Å². The van der Waals surface area contributed by atoms with Gasteiger partial charge in [0.2, 0.25) is 0 Å². The summed E-state index contributed by atoms with van der Waals surface area (Å²) in [6.45, 7) is 0.849. The van der Waals surface area contributed by atoms with E-state index in [4.69, 9.17) is 17.0 Å². The Hall–Kier alpha value is -1.08. The third-order valence-electron chi connectivity index (χ3n) is 3.48. The summed E-state index contributed by atoms with van der Waals surface area (Å²) in [6, 6.07) is 0. The van der Waals surface area contributed by atoms with Gasteiger partial charge >= 0.3 is 0 Å². The van der Waals surface area contributed by atoms with Crippen LogP contribution in [0, 0.1) is 0 Å². The molecular formula is C12H21N5OS. The predicted octanol–water partition coefficient (Wildman–Crippen LogP) is 1.32. The zero-order valence-electron chi connectivity index (χ0n) is 11.6. The molecule has 0 spiro atoms. The third kappa shape index (κ3) is 3.94. The van der Waals surface area contributed by atoms with Crippen LogP contribution >= 0.6 is 12.2 Å². The van der Waals surface area contributed by atoms with Gasteiger partial charge in [-0.2, -0.15) is 0 Å². The lowest BCUT2D eigenvalue weighted by Gasteiger charge is -2.33. The molecule has 0 amide bonds. The summed E-state index contributed by atoms with van der Waals surface area (Å²) >= 11 is 5.47. The molecule has 1 aliphatic rings. The summed E-state index contributed by atoms with van der Waals surface area (Å²) in [6.07, 6.45) is 6.31. The van der Waals surface area contributed by atoms with E-state index in [0.29, 0.717) is 0 Å². The topological polar surface area (TPSA) is 56.1 Å². The molecule has 1 aromatic rings. The summed E-state index contributed by atoms with van der Waals surface area (Å²) in [5.41, 5.74) is 0. The average molecular weight is 283 g/mol. The Morgan fingerprint density at radius 2 is 2.37 bits per heavy atom. The summed E-state index contributed by atoms with van der Waals surface area (Å²) < 4.78 is 7.44. The van der Waals surface area contributed by atoms with Gasteiger partial charge in [-0.15, -0.1) is 5.10 Å². The van der Waals surface area contributed by atoms with Gasteiger partial charge < -0.3 is 9.64 Å². The first-order chi connectivity index (χ1) is 9.18. The van der Waals surface area contributed by atoms with Crippen molar-refractivity contribution in [3.05, 3.63) is 5.82 Å². The Morgan fingerprint density at radius 3 is 3.00 bits per heavy atom. The maximum Gasteiger partial charge on any atom is 0.150 e. The van der Waals surface area contributed by atoms with Gasteiger partial charge in [0.25, 0.3) is 0 Å². The summed E-state index contributed by atoms with van der Waals surface area (Å²) in [7, 11) is 3.89. The monoisotopic (exact) mass is 283 g/mol. The number of aromatic nitrogens is 4.